The van der Waals surface area contributed by atoms with Gasteiger partial charge in [0.05, 0.1) is 7.11 Å². The van der Waals surface area contributed by atoms with Gasteiger partial charge in [0.15, 0.2) is 5.90 Å². The zero-order valence-electron chi connectivity index (χ0n) is 7.26. The summed E-state index contributed by atoms with van der Waals surface area (Å²) >= 11 is 0. The average molecular weight is 156 g/mol. The Kier molecular flexibility index (Phi) is 2.88. The van der Waals surface area contributed by atoms with Crippen molar-refractivity contribution in [1.82, 2.24) is 4.90 Å². The van der Waals surface area contributed by atoms with Gasteiger partial charge in [0.25, 0.3) is 0 Å². The van der Waals surface area contributed by atoms with E-state index in [2.05, 4.69) is 11.9 Å². The summed E-state index contributed by atoms with van der Waals surface area (Å²) < 4.78 is 4.89. The van der Waals surface area contributed by atoms with E-state index in [9.17, 15) is 0 Å². The second-order valence-corrected chi connectivity index (χ2v) is 3.15. The molecule has 1 aliphatic rings. The smallest absolute Gasteiger partial charge is 0.183 e. The van der Waals surface area contributed by atoms with Gasteiger partial charge in [0.2, 0.25) is 0 Å². The van der Waals surface area contributed by atoms with Crippen LogP contribution in [0, 0.1) is 11.3 Å². The number of hydrogen-bond acceptors (Lipinski definition) is 3. The molecule has 0 spiro atoms. The molecule has 0 aliphatic carbocycles. The predicted molar refractivity (Wildman–Crippen MR) is 45.0 cm³/mol. The van der Waals surface area contributed by atoms with Gasteiger partial charge in [0.1, 0.15) is 0 Å². The molecule has 1 rings (SSSR count). The summed E-state index contributed by atoms with van der Waals surface area (Å²) in [6.07, 6.45) is 2.15. The maximum atomic E-state index is 7.46. The van der Waals surface area contributed by atoms with Crippen molar-refractivity contribution < 1.29 is 4.74 Å². The van der Waals surface area contributed by atoms with Crippen molar-refractivity contribution in [3.8, 4) is 0 Å². The standard InChI is InChI=1S/C8H16N2O/c1-10-5-3-7(4-6-10)8(9)11-2/h7,9H,3-6H2,1-2H3. The molecule has 0 unspecified atom stereocenters. The van der Waals surface area contributed by atoms with Gasteiger partial charge in [-0.1, -0.05) is 0 Å². The zero-order valence-corrected chi connectivity index (χ0v) is 7.26. The van der Waals surface area contributed by atoms with Gasteiger partial charge in [-0.2, -0.15) is 0 Å². The number of likely N-dealkylation sites (tertiary alicyclic amines) is 1. The lowest BCUT2D eigenvalue weighted by Gasteiger charge is -2.28. The minimum Gasteiger partial charge on any atom is -0.484 e. The van der Waals surface area contributed by atoms with Crippen LogP contribution >= 0.6 is 0 Å². The Morgan fingerprint density at radius 2 is 2.00 bits per heavy atom. The number of piperidine rings is 1. The summed E-state index contributed by atoms with van der Waals surface area (Å²) in [6.45, 7) is 2.19. The fourth-order valence-electron chi connectivity index (χ4n) is 1.44. The molecule has 11 heavy (non-hydrogen) atoms. The van der Waals surface area contributed by atoms with E-state index < -0.39 is 0 Å². The first kappa shape index (κ1) is 8.53. The summed E-state index contributed by atoms with van der Waals surface area (Å²) in [6, 6.07) is 0. The Morgan fingerprint density at radius 1 is 1.45 bits per heavy atom. The third-order valence-corrected chi connectivity index (χ3v) is 2.31. The number of methoxy groups -OCH3 is 1. The third kappa shape index (κ3) is 2.19. The van der Waals surface area contributed by atoms with Crippen LogP contribution in [0.2, 0.25) is 0 Å². The van der Waals surface area contributed by atoms with Crippen molar-refractivity contribution in [3.63, 3.8) is 0 Å². The molecular weight excluding hydrogens is 140 g/mol. The summed E-state index contributed by atoms with van der Waals surface area (Å²) in [5.41, 5.74) is 0. The first-order valence-corrected chi connectivity index (χ1v) is 4.05. The van der Waals surface area contributed by atoms with Crippen molar-refractivity contribution in [2.24, 2.45) is 5.92 Å². The highest BCUT2D eigenvalue weighted by atomic mass is 16.5. The summed E-state index contributed by atoms with van der Waals surface area (Å²) in [5.74, 6) is 0.828. The molecule has 0 saturated carbocycles. The molecule has 1 heterocycles. The molecular formula is C8H16N2O. The monoisotopic (exact) mass is 156 g/mol. The molecule has 0 atom stereocenters. The highest BCUT2D eigenvalue weighted by molar-refractivity contribution is 5.75. The maximum absolute atomic E-state index is 7.46. The SMILES string of the molecule is COC(=N)C1CCN(C)CC1. The Bertz CT molecular complexity index is 139. The first-order valence-electron chi connectivity index (χ1n) is 4.05. The quantitative estimate of drug-likeness (QED) is 0.453. The van der Waals surface area contributed by atoms with Gasteiger partial charge in [0, 0.05) is 5.92 Å². The lowest BCUT2D eigenvalue weighted by molar-refractivity contribution is 0.230. The molecule has 1 aliphatic heterocycles. The van der Waals surface area contributed by atoms with Crippen molar-refractivity contribution in [1.29, 1.82) is 5.41 Å². The van der Waals surface area contributed by atoms with Crippen LogP contribution in [0.3, 0.4) is 0 Å². The Labute approximate surface area is 67.8 Å². The van der Waals surface area contributed by atoms with Crippen LogP contribution in [-0.2, 0) is 4.74 Å². The van der Waals surface area contributed by atoms with Crippen molar-refractivity contribution in [3.05, 3.63) is 0 Å². The van der Waals surface area contributed by atoms with E-state index >= 15 is 0 Å². The second-order valence-electron chi connectivity index (χ2n) is 3.15. The van der Waals surface area contributed by atoms with Gasteiger partial charge in [-0.25, -0.2) is 0 Å². The highest BCUT2D eigenvalue weighted by Crippen LogP contribution is 2.16. The van der Waals surface area contributed by atoms with E-state index in [1.165, 1.54) is 0 Å². The third-order valence-electron chi connectivity index (χ3n) is 2.31. The molecule has 3 heteroatoms. The van der Waals surface area contributed by atoms with Crippen LogP contribution < -0.4 is 0 Å². The minimum atomic E-state index is 0.371. The Morgan fingerprint density at radius 3 is 2.45 bits per heavy atom. The number of nitrogens with one attached hydrogen (secondary N) is 1. The Hall–Kier alpha value is -0.570. The molecule has 1 saturated heterocycles. The molecule has 0 aromatic rings. The number of rotatable bonds is 1. The Balaban J connectivity index is 2.33. The fraction of sp³-hybridized carbons (Fsp3) is 0.875. The molecule has 3 nitrogen and oxygen atoms in total. The van der Waals surface area contributed by atoms with Crippen LogP contribution in [0.5, 0.6) is 0 Å². The summed E-state index contributed by atoms with van der Waals surface area (Å²) in [5, 5.41) is 7.46. The van der Waals surface area contributed by atoms with Crippen LogP contribution in [0.1, 0.15) is 12.8 Å². The lowest BCUT2D eigenvalue weighted by Crippen LogP contribution is -2.33. The van der Waals surface area contributed by atoms with Crippen molar-refractivity contribution in [2.75, 3.05) is 27.2 Å². The summed E-state index contributed by atoms with van der Waals surface area (Å²) in [4.78, 5) is 2.29. The van der Waals surface area contributed by atoms with Gasteiger partial charge in [-0.3, -0.25) is 5.41 Å². The maximum Gasteiger partial charge on any atom is 0.183 e. The van der Waals surface area contributed by atoms with Gasteiger partial charge in [-0.05, 0) is 33.0 Å². The molecule has 0 bridgehead atoms. The topological polar surface area (TPSA) is 36.3 Å². The van der Waals surface area contributed by atoms with Crippen LogP contribution in [0.25, 0.3) is 0 Å². The number of hydrogen-bond donors (Lipinski definition) is 1. The van der Waals surface area contributed by atoms with Crippen LogP contribution in [0.15, 0.2) is 0 Å². The van der Waals surface area contributed by atoms with E-state index in [1.54, 1.807) is 7.11 Å². The number of ether oxygens (including phenoxy) is 1. The number of nitrogens with zero attached hydrogens (tertiary/aromatic N) is 1. The van der Waals surface area contributed by atoms with E-state index in [4.69, 9.17) is 10.1 Å². The highest BCUT2D eigenvalue weighted by Gasteiger charge is 2.20. The van der Waals surface area contributed by atoms with Gasteiger partial charge >= 0.3 is 0 Å². The van der Waals surface area contributed by atoms with Crippen LogP contribution in [0.4, 0.5) is 0 Å². The van der Waals surface area contributed by atoms with E-state index in [0.717, 1.165) is 25.9 Å². The molecule has 1 fully saturated rings. The summed E-state index contributed by atoms with van der Waals surface area (Å²) in [7, 11) is 3.70. The molecule has 0 aromatic carbocycles. The normalized spacial score (nSPS) is 21.6. The van der Waals surface area contributed by atoms with Gasteiger partial charge in [-0.15, -0.1) is 0 Å². The molecule has 0 radical (unpaired) electrons. The average Bonchev–Trinajstić information content (AvgIpc) is 2.05. The van der Waals surface area contributed by atoms with E-state index in [0.29, 0.717) is 11.8 Å². The fourth-order valence-corrected chi connectivity index (χ4v) is 1.44. The van der Waals surface area contributed by atoms with E-state index in [-0.39, 0.29) is 0 Å². The minimum absolute atomic E-state index is 0.371. The zero-order chi connectivity index (χ0) is 8.27. The van der Waals surface area contributed by atoms with Crippen LogP contribution in [-0.4, -0.2) is 38.0 Å². The van der Waals surface area contributed by atoms with Crippen molar-refractivity contribution in [2.45, 2.75) is 12.8 Å². The van der Waals surface area contributed by atoms with Crippen molar-refractivity contribution >= 4 is 5.90 Å². The van der Waals surface area contributed by atoms with Gasteiger partial charge < -0.3 is 9.64 Å². The molecule has 0 amide bonds. The first-order chi connectivity index (χ1) is 5.24. The molecule has 0 aromatic heterocycles. The predicted octanol–water partition coefficient (Wildman–Crippen LogP) is 0.952. The molecule has 1 N–H and O–H groups in total. The largest absolute Gasteiger partial charge is 0.484 e. The second kappa shape index (κ2) is 3.72. The molecule has 64 valence electrons. The lowest BCUT2D eigenvalue weighted by atomic mass is 9.97. The van der Waals surface area contributed by atoms with E-state index in [1.807, 2.05) is 0 Å².